The second-order valence-electron chi connectivity index (χ2n) is 6.80. The topological polar surface area (TPSA) is 122 Å². The molecule has 3 aromatic carbocycles. The predicted molar refractivity (Wildman–Crippen MR) is 121 cm³/mol. The lowest BCUT2D eigenvalue weighted by atomic mass is 10.2. The van der Waals surface area contributed by atoms with Gasteiger partial charge in [-0.05, 0) is 48.9 Å². The average molecular weight is 452 g/mol. The highest BCUT2D eigenvalue weighted by molar-refractivity contribution is 7.92. The van der Waals surface area contributed by atoms with Crippen LogP contribution in [0.15, 0.2) is 88.9 Å². The predicted octanol–water partition coefficient (Wildman–Crippen LogP) is 3.25. The van der Waals surface area contributed by atoms with Crippen molar-refractivity contribution in [2.45, 2.75) is 11.8 Å². The Morgan fingerprint density at radius 1 is 1.03 bits per heavy atom. The van der Waals surface area contributed by atoms with Crippen LogP contribution >= 0.6 is 0 Å². The number of carbonyl (C=O) groups is 1. The van der Waals surface area contributed by atoms with E-state index in [4.69, 9.17) is 0 Å². The zero-order chi connectivity index (χ0) is 23.1. The van der Waals surface area contributed by atoms with Crippen molar-refractivity contribution in [2.24, 2.45) is 5.10 Å². The van der Waals surface area contributed by atoms with E-state index in [0.29, 0.717) is 11.3 Å². The van der Waals surface area contributed by atoms with Crippen LogP contribution in [0.2, 0.25) is 0 Å². The number of nitrogens with one attached hydrogen (secondary N) is 1. The van der Waals surface area contributed by atoms with Gasteiger partial charge in [-0.1, -0.05) is 35.9 Å². The summed E-state index contributed by atoms with van der Waals surface area (Å²) in [4.78, 5) is 22.7. The van der Waals surface area contributed by atoms with Crippen LogP contribution in [0, 0.1) is 17.0 Å². The van der Waals surface area contributed by atoms with Crippen LogP contribution in [-0.2, 0) is 14.8 Å². The standard InChI is InChI=1S/C22H20N4O5S/c1-17-7-11-19(12-8-17)25(32(30,31)21-5-3-2-4-6-21)16-22(27)24-23-15-18-9-13-20(14-10-18)26(28)29/h2-15H,16H2,1H3,(H,24,27)/b23-15-. The maximum Gasteiger partial charge on any atom is 0.269 e. The molecule has 0 saturated carbocycles. The third-order valence-electron chi connectivity index (χ3n) is 4.45. The summed E-state index contributed by atoms with van der Waals surface area (Å²) in [6, 6.07) is 20.2. The highest BCUT2D eigenvalue weighted by Gasteiger charge is 2.27. The number of hydrazone groups is 1. The number of nitrogens with zero attached hydrogens (tertiary/aromatic N) is 3. The van der Waals surface area contributed by atoms with Gasteiger partial charge in [0.1, 0.15) is 6.54 Å². The van der Waals surface area contributed by atoms with E-state index in [2.05, 4.69) is 10.5 Å². The molecule has 0 spiro atoms. The lowest BCUT2D eigenvalue weighted by Crippen LogP contribution is -2.39. The molecule has 0 atom stereocenters. The maximum atomic E-state index is 13.2. The van der Waals surface area contributed by atoms with Gasteiger partial charge in [-0.2, -0.15) is 5.10 Å². The first-order valence-electron chi connectivity index (χ1n) is 9.48. The lowest BCUT2D eigenvalue weighted by Gasteiger charge is -2.23. The Kier molecular flexibility index (Phi) is 6.96. The molecular formula is C22H20N4O5S. The smallest absolute Gasteiger partial charge is 0.269 e. The Hall–Kier alpha value is -4.05. The fourth-order valence-corrected chi connectivity index (χ4v) is 4.21. The minimum absolute atomic E-state index is 0.0581. The molecule has 10 heteroatoms. The fraction of sp³-hybridized carbons (Fsp3) is 0.0909. The summed E-state index contributed by atoms with van der Waals surface area (Å²) < 4.78 is 27.4. The van der Waals surface area contributed by atoms with Crippen molar-refractivity contribution in [1.29, 1.82) is 0 Å². The van der Waals surface area contributed by atoms with E-state index >= 15 is 0 Å². The Balaban J connectivity index is 1.78. The maximum absolute atomic E-state index is 13.2. The second-order valence-corrected chi connectivity index (χ2v) is 8.66. The third kappa shape index (κ3) is 5.55. The molecule has 3 aromatic rings. The monoisotopic (exact) mass is 452 g/mol. The molecule has 0 bridgehead atoms. The van der Waals surface area contributed by atoms with Gasteiger partial charge in [-0.25, -0.2) is 13.8 Å². The number of amides is 1. The Labute approximate surface area is 185 Å². The molecule has 0 aliphatic rings. The zero-order valence-corrected chi connectivity index (χ0v) is 17.9. The molecule has 164 valence electrons. The molecule has 9 nitrogen and oxygen atoms in total. The van der Waals surface area contributed by atoms with Crippen molar-refractivity contribution in [3.63, 3.8) is 0 Å². The van der Waals surface area contributed by atoms with Crippen molar-refractivity contribution in [2.75, 3.05) is 10.8 Å². The normalized spacial score (nSPS) is 11.3. The van der Waals surface area contributed by atoms with Gasteiger partial charge in [-0.3, -0.25) is 19.2 Å². The summed E-state index contributed by atoms with van der Waals surface area (Å²) in [5.41, 5.74) is 4.05. The van der Waals surface area contributed by atoms with E-state index in [0.717, 1.165) is 9.87 Å². The molecule has 0 aliphatic heterocycles. The van der Waals surface area contributed by atoms with Crippen LogP contribution in [0.1, 0.15) is 11.1 Å². The quantitative estimate of drug-likeness (QED) is 0.319. The van der Waals surface area contributed by atoms with Gasteiger partial charge < -0.3 is 0 Å². The molecule has 0 heterocycles. The molecule has 0 aromatic heterocycles. The summed E-state index contributed by atoms with van der Waals surface area (Å²) in [5.74, 6) is -0.650. The minimum Gasteiger partial charge on any atom is -0.271 e. The molecule has 1 amide bonds. The number of nitro benzene ring substituents is 1. The van der Waals surface area contributed by atoms with Crippen molar-refractivity contribution in [3.05, 3.63) is 100 Å². The first kappa shape index (κ1) is 22.6. The van der Waals surface area contributed by atoms with E-state index in [1.807, 2.05) is 6.92 Å². The number of non-ortho nitro benzene ring substituents is 1. The van der Waals surface area contributed by atoms with Crippen LogP contribution in [0.4, 0.5) is 11.4 Å². The SMILES string of the molecule is Cc1ccc(N(CC(=O)N/N=C\c2ccc([N+](=O)[O-])cc2)S(=O)(=O)c2ccccc2)cc1. The van der Waals surface area contributed by atoms with Gasteiger partial charge in [-0.15, -0.1) is 0 Å². The number of hydrogen-bond donors (Lipinski definition) is 1. The zero-order valence-electron chi connectivity index (χ0n) is 17.1. The summed E-state index contributed by atoms with van der Waals surface area (Å²) in [5, 5.41) is 14.5. The highest BCUT2D eigenvalue weighted by atomic mass is 32.2. The van der Waals surface area contributed by atoms with Gasteiger partial charge in [0.25, 0.3) is 21.6 Å². The summed E-state index contributed by atoms with van der Waals surface area (Å²) in [6.45, 7) is 1.39. The van der Waals surface area contributed by atoms with E-state index in [1.54, 1.807) is 42.5 Å². The van der Waals surface area contributed by atoms with E-state index in [9.17, 15) is 23.3 Å². The van der Waals surface area contributed by atoms with Gasteiger partial charge in [0.05, 0.1) is 21.7 Å². The number of aryl methyl sites for hydroxylation is 1. The van der Waals surface area contributed by atoms with Crippen molar-refractivity contribution in [1.82, 2.24) is 5.43 Å². The number of carbonyl (C=O) groups excluding carboxylic acids is 1. The van der Waals surface area contributed by atoms with Crippen LogP contribution in [0.3, 0.4) is 0 Å². The van der Waals surface area contributed by atoms with E-state index in [-0.39, 0.29) is 10.6 Å². The van der Waals surface area contributed by atoms with Crippen LogP contribution in [-0.4, -0.2) is 32.0 Å². The number of nitro groups is 1. The van der Waals surface area contributed by atoms with Gasteiger partial charge in [0.15, 0.2) is 0 Å². The summed E-state index contributed by atoms with van der Waals surface area (Å²) >= 11 is 0. The second kappa shape index (κ2) is 9.84. The number of rotatable bonds is 8. The molecule has 0 radical (unpaired) electrons. The molecule has 3 rings (SSSR count). The molecule has 0 fully saturated rings. The summed E-state index contributed by atoms with van der Waals surface area (Å²) in [7, 11) is -4.00. The van der Waals surface area contributed by atoms with Crippen molar-refractivity contribution in [3.8, 4) is 0 Å². The number of hydrogen-bond acceptors (Lipinski definition) is 6. The van der Waals surface area contributed by atoms with E-state index in [1.165, 1.54) is 42.6 Å². The van der Waals surface area contributed by atoms with Crippen LogP contribution in [0.5, 0.6) is 0 Å². The molecule has 32 heavy (non-hydrogen) atoms. The van der Waals surface area contributed by atoms with Gasteiger partial charge >= 0.3 is 0 Å². The number of benzene rings is 3. The van der Waals surface area contributed by atoms with Crippen LogP contribution in [0.25, 0.3) is 0 Å². The van der Waals surface area contributed by atoms with Gasteiger partial charge in [0.2, 0.25) is 0 Å². The summed E-state index contributed by atoms with van der Waals surface area (Å²) in [6.07, 6.45) is 1.31. The van der Waals surface area contributed by atoms with Crippen molar-refractivity contribution < 1.29 is 18.1 Å². The van der Waals surface area contributed by atoms with Crippen molar-refractivity contribution >= 4 is 33.5 Å². The highest BCUT2D eigenvalue weighted by Crippen LogP contribution is 2.23. The number of sulfonamides is 1. The first-order chi connectivity index (χ1) is 15.3. The fourth-order valence-electron chi connectivity index (χ4n) is 2.77. The molecule has 0 aliphatic carbocycles. The lowest BCUT2D eigenvalue weighted by molar-refractivity contribution is -0.384. The largest absolute Gasteiger partial charge is 0.271 e. The van der Waals surface area contributed by atoms with Crippen LogP contribution < -0.4 is 9.73 Å². The minimum atomic E-state index is -4.00. The third-order valence-corrected chi connectivity index (χ3v) is 6.24. The van der Waals surface area contributed by atoms with E-state index < -0.39 is 27.4 Å². The molecular weight excluding hydrogens is 432 g/mol. The van der Waals surface area contributed by atoms with Gasteiger partial charge in [0, 0.05) is 12.1 Å². The Morgan fingerprint density at radius 3 is 2.25 bits per heavy atom. The Bertz CT molecular complexity index is 1230. The average Bonchev–Trinajstić information content (AvgIpc) is 2.79. The Morgan fingerprint density at radius 2 is 1.66 bits per heavy atom. The molecule has 1 N–H and O–H groups in total. The molecule has 0 unspecified atom stereocenters. The molecule has 0 saturated heterocycles. The first-order valence-corrected chi connectivity index (χ1v) is 10.9. The number of anilines is 1.